The van der Waals surface area contributed by atoms with E-state index in [2.05, 4.69) is 28.2 Å². The van der Waals surface area contributed by atoms with Crippen molar-refractivity contribution in [2.24, 2.45) is 0 Å². The third kappa shape index (κ3) is 3.44. The van der Waals surface area contributed by atoms with Gasteiger partial charge in [-0.3, -0.25) is 0 Å². The van der Waals surface area contributed by atoms with Crippen LogP contribution in [0.4, 0.5) is 4.39 Å². The van der Waals surface area contributed by atoms with Crippen molar-refractivity contribution in [1.82, 2.24) is 5.32 Å². The van der Waals surface area contributed by atoms with Gasteiger partial charge in [0.25, 0.3) is 0 Å². The van der Waals surface area contributed by atoms with E-state index in [0.29, 0.717) is 0 Å². The van der Waals surface area contributed by atoms with Crippen LogP contribution in [0.25, 0.3) is 0 Å². The van der Waals surface area contributed by atoms with Crippen molar-refractivity contribution in [3.05, 3.63) is 35.6 Å². The first kappa shape index (κ1) is 10.7. The largest absolute Gasteiger partial charge is 0.309 e. The van der Waals surface area contributed by atoms with Gasteiger partial charge in [-0.05, 0) is 24.6 Å². The second-order valence-electron chi connectivity index (χ2n) is 2.92. The first-order chi connectivity index (χ1) is 6.24. The van der Waals surface area contributed by atoms with Crippen LogP contribution in [0.2, 0.25) is 0 Å². The lowest BCUT2D eigenvalue weighted by atomic mass is 10.1. The van der Waals surface area contributed by atoms with E-state index in [0.717, 1.165) is 17.4 Å². The van der Waals surface area contributed by atoms with E-state index in [9.17, 15) is 4.39 Å². The smallest absolute Gasteiger partial charge is 0.123 e. The predicted molar refractivity (Wildman–Crippen MR) is 56.6 cm³/mol. The summed E-state index contributed by atoms with van der Waals surface area (Å²) >= 11 is 3.34. The molecule has 0 radical (unpaired) electrons. The van der Waals surface area contributed by atoms with Crippen LogP contribution in [0.1, 0.15) is 18.5 Å². The molecule has 1 N–H and O–H groups in total. The summed E-state index contributed by atoms with van der Waals surface area (Å²) in [5, 5.41) is 4.23. The third-order valence-corrected chi connectivity index (χ3v) is 2.31. The number of rotatable bonds is 4. The maximum absolute atomic E-state index is 12.6. The molecule has 1 aromatic rings. The van der Waals surface area contributed by atoms with Gasteiger partial charge in [0.1, 0.15) is 5.82 Å². The molecule has 0 aromatic heterocycles. The molecule has 0 bridgehead atoms. The molecule has 0 aliphatic rings. The summed E-state index contributed by atoms with van der Waals surface area (Å²) in [4.78, 5) is 0. The van der Waals surface area contributed by atoms with Crippen molar-refractivity contribution < 1.29 is 4.39 Å². The molecule has 0 unspecified atom stereocenters. The highest BCUT2D eigenvalue weighted by molar-refractivity contribution is 9.09. The lowest BCUT2D eigenvalue weighted by Gasteiger charge is -2.12. The van der Waals surface area contributed by atoms with Gasteiger partial charge in [-0.2, -0.15) is 0 Å². The molecular formula is C10H13BrFN. The van der Waals surface area contributed by atoms with Crippen molar-refractivity contribution in [2.45, 2.75) is 13.0 Å². The van der Waals surface area contributed by atoms with Crippen LogP contribution in [-0.2, 0) is 0 Å². The number of nitrogens with one attached hydrogen (secondary N) is 1. The minimum Gasteiger partial charge on any atom is -0.309 e. The predicted octanol–water partition coefficient (Wildman–Crippen LogP) is 2.87. The van der Waals surface area contributed by atoms with Gasteiger partial charge in [0.2, 0.25) is 0 Å². The lowest BCUT2D eigenvalue weighted by molar-refractivity contribution is 0.595. The van der Waals surface area contributed by atoms with E-state index in [-0.39, 0.29) is 11.9 Å². The van der Waals surface area contributed by atoms with Crippen LogP contribution in [0.5, 0.6) is 0 Å². The normalized spacial score (nSPS) is 12.8. The number of benzene rings is 1. The van der Waals surface area contributed by atoms with Crippen LogP contribution < -0.4 is 5.32 Å². The zero-order chi connectivity index (χ0) is 9.68. The van der Waals surface area contributed by atoms with Gasteiger partial charge in [-0.1, -0.05) is 28.1 Å². The minimum absolute atomic E-state index is 0.184. The Kier molecular flexibility index (Phi) is 4.39. The summed E-state index contributed by atoms with van der Waals surface area (Å²) in [5.41, 5.74) is 1.11. The summed E-state index contributed by atoms with van der Waals surface area (Å²) < 4.78 is 12.6. The Labute approximate surface area is 86.5 Å². The Hall–Kier alpha value is -0.410. The number of hydrogen-bond donors (Lipinski definition) is 1. The average molecular weight is 246 g/mol. The third-order valence-electron chi connectivity index (χ3n) is 1.92. The highest BCUT2D eigenvalue weighted by Crippen LogP contribution is 2.12. The molecule has 0 spiro atoms. The van der Waals surface area contributed by atoms with Crippen LogP contribution >= 0.6 is 15.9 Å². The Morgan fingerprint density at radius 1 is 1.38 bits per heavy atom. The molecule has 1 atom stereocenters. The van der Waals surface area contributed by atoms with Crippen molar-refractivity contribution in [3.63, 3.8) is 0 Å². The molecule has 0 saturated heterocycles. The van der Waals surface area contributed by atoms with Crippen molar-refractivity contribution in [2.75, 3.05) is 11.9 Å². The Bertz CT molecular complexity index is 248. The fourth-order valence-corrected chi connectivity index (χ4v) is 1.37. The Morgan fingerprint density at radius 3 is 2.54 bits per heavy atom. The van der Waals surface area contributed by atoms with Crippen LogP contribution in [0.3, 0.4) is 0 Å². The van der Waals surface area contributed by atoms with Crippen molar-refractivity contribution >= 4 is 15.9 Å². The zero-order valence-electron chi connectivity index (χ0n) is 7.56. The van der Waals surface area contributed by atoms with Gasteiger partial charge in [0.15, 0.2) is 0 Å². The quantitative estimate of drug-likeness (QED) is 0.805. The number of alkyl halides is 1. The fraction of sp³-hybridized carbons (Fsp3) is 0.400. The molecule has 0 aliphatic heterocycles. The number of halogens is 2. The van der Waals surface area contributed by atoms with Crippen molar-refractivity contribution in [3.8, 4) is 0 Å². The molecule has 3 heteroatoms. The molecule has 0 saturated carbocycles. The van der Waals surface area contributed by atoms with Gasteiger partial charge in [-0.25, -0.2) is 4.39 Å². The highest BCUT2D eigenvalue weighted by atomic mass is 79.9. The van der Waals surface area contributed by atoms with Crippen LogP contribution in [0.15, 0.2) is 24.3 Å². The lowest BCUT2D eigenvalue weighted by Crippen LogP contribution is -2.20. The highest BCUT2D eigenvalue weighted by Gasteiger charge is 2.02. The topological polar surface area (TPSA) is 12.0 Å². The second-order valence-corrected chi connectivity index (χ2v) is 3.71. The molecule has 1 rings (SSSR count). The molecule has 13 heavy (non-hydrogen) atoms. The maximum atomic E-state index is 12.6. The average Bonchev–Trinajstić information content (AvgIpc) is 2.15. The van der Waals surface area contributed by atoms with Gasteiger partial charge < -0.3 is 5.32 Å². The van der Waals surface area contributed by atoms with Gasteiger partial charge >= 0.3 is 0 Å². The molecule has 1 nitrogen and oxygen atoms in total. The molecule has 0 aliphatic carbocycles. The van der Waals surface area contributed by atoms with Gasteiger partial charge in [0, 0.05) is 17.9 Å². The van der Waals surface area contributed by atoms with E-state index >= 15 is 0 Å². The SMILES string of the molecule is C[C@H](NCCBr)c1ccc(F)cc1. The molecule has 72 valence electrons. The van der Waals surface area contributed by atoms with Crippen molar-refractivity contribution in [1.29, 1.82) is 0 Å². The number of hydrogen-bond acceptors (Lipinski definition) is 1. The van der Waals surface area contributed by atoms with E-state index in [1.165, 1.54) is 12.1 Å². The molecule has 1 aromatic carbocycles. The van der Waals surface area contributed by atoms with E-state index in [1.54, 1.807) is 12.1 Å². The molecule has 0 amide bonds. The van der Waals surface area contributed by atoms with E-state index < -0.39 is 0 Å². The summed E-state index contributed by atoms with van der Waals surface area (Å²) in [5.74, 6) is -0.184. The molecule has 0 fully saturated rings. The summed E-state index contributed by atoms with van der Waals surface area (Å²) in [6, 6.07) is 6.87. The molecule has 0 heterocycles. The van der Waals surface area contributed by atoms with E-state index in [4.69, 9.17) is 0 Å². The van der Waals surface area contributed by atoms with Crippen LogP contribution in [0, 0.1) is 5.82 Å². The minimum atomic E-state index is -0.184. The monoisotopic (exact) mass is 245 g/mol. The Morgan fingerprint density at radius 2 is 2.00 bits per heavy atom. The zero-order valence-corrected chi connectivity index (χ0v) is 9.14. The van der Waals surface area contributed by atoms with Gasteiger partial charge in [0.05, 0.1) is 0 Å². The summed E-state index contributed by atoms with van der Waals surface area (Å²) in [6.45, 7) is 2.98. The standard InChI is InChI=1S/C10H13BrFN/c1-8(13-7-6-11)9-2-4-10(12)5-3-9/h2-5,8,13H,6-7H2,1H3/t8-/m0/s1. The first-order valence-corrected chi connectivity index (χ1v) is 5.41. The maximum Gasteiger partial charge on any atom is 0.123 e. The summed E-state index contributed by atoms with van der Waals surface area (Å²) in [6.07, 6.45) is 0. The summed E-state index contributed by atoms with van der Waals surface area (Å²) in [7, 11) is 0. The van der Waals surface area contributed by atoms with Gasteiger partial charge in [-0.15, -0.1) is 0 Å². The van der Waals surface area contributed by atoms with E-state index in [1.807, 2.05) is 0 Å². The Balaban J connectivity index is 2.55. The molecular weight excluding hydrogens is 233 g/mol. The first-order valence-electron chi connectivity index (χ1n) is 4.29. The fourth-order valence-electron chi connectivity index (χ4n) is 1.14. The second kappa shape index (κ2) is 5.35. The van der Waals surface area contributed by atoms with Crippen LogP contribution in [-0.4, -0.2) is 11.9 Å².